The van der Waals surface area contributed by atoms with Crippen LogP contribution in [0.4, 0.5) is 0 Å². The number of ketones is 1. The molecule has 1 aromatic carbocycles. The molecule has 0 fully saturated rings. The van der Waals surface area contributed by atoms with Gasteiger partial charge in [0.15, 0.2) is 22.4 Å². The molecule has 2 rings (SSSR count). The predicted molar refractivity (Wildman–Crippen MR) is 92.0 cm³/mol. The summed E-state index contributed by atoms with van der Waals surface area (Å²) in [5.74, 6) is 0.345. The third-order valence-corrected chi connectivity index (χ3v) is 4.16. The largest absolute Gasteiger partial charge is 0.503 e. The molecule has 0 spiro atoms. The van der Waals surface area contributed by atoms with E-state index < -0.39 is 0 Å². The zero-order valence-corrected chi connectivity index (χ0v) is 14.9. The van der Waals surface area contributed by atoms with E-state index >= 15 is 0 Å². The molecule has 0 radical (unpaired) electrons. The van der Waals surface area contributed by atoms with E-state index in [-0.39, 0.29) is 17.6 Å². The number of rotatable bonds is 4. The lowest BCUT2D eigenvalue weighted by Crippen LogP contribution is -2.44. The summed E-state index contributed by atoms with van der Waals surface area (Å²) in [6, 6.07) is 3.08. The van der Waals surface area contributed by atoms with E-state index in [1.165, 1.54) is 6.92 Å². The van der Waals surface area contributed by atoms with E-state index in [9.17, 15) is 9.90 Å². The molecule has 0 saturated heterocycles. The molecular weight excluding hydrogens is 368 g/mol. The molecule has 0 amide bonds. The molecule has 1 heterocycles. The molecule has 0 aliphatic carbocycles. The predicted octanol–water partition coefficient (Wildman–Crippen LogP) is 2.94. The Kier molecular flexibility index (Phi) is 5.08. The van der Waals surface area contributed by atoms with Crippen LogP contribution in [0, 0.1) is 0 Å². The smallest absolute Gasteiger partial charge is 0.172 e. The van der Waals surface area contributed by atoms with Crippen molar-refractivity contribution in [3.8, 4) is 11.5 Å². The Morgan fingerprint density at radius 2 is 2.18 bits per heavy atom. The zero-order valence-electron chi connectivity index (χ0n) is 12.5. The Bertz CT molecular complexity index is 673. The van der Waals surface area contributed by atoms with Crippen LogP contribution in [0.1, 0.15) is 32.4 Å². The summed E-state index contributed by atoms with van der Waals surface area (Å²) >= 11 is 8.50. The first-order chi connectivity index (χ1) is 10.3. The third-order valence-electron chi connectivity index (χ3n) is 3.33. The number of carbonyl (C=O) groups excluding carboxylic acids is 1. The van der Waals surface area contributed by atoms with Crippen molar-refractivity contribution in [3.63, 3.8) is 0 Å². The SMILES string of the molecule is CCOc1cc([C@H]2NC(=S)NC(C)=C2C(C)=O)cc(Br)c1O. The molecule has 1 aliphatic rings. The van der Waals surface area contributed by atoms with Gasteiger partial charge in [0, 0.05) is 11.3 Å². The van der Waals surface area contributed by atoms with Crippen LogP contribution in [0.15, 0.2) is 27.9 Å². The Labute approximate surface area is 142 Å². The van der Waals surface area contributed by atoms with Crippen LogP contribution in [0.2, 0.25) is 0 Å². The van der Waals surface area contributed by atoms with Gasteiger partial charge in [-0.2, -0.15) is 0 Å². The second kappa shape index (κ2) is 6.66. The number of phenols is 1. The number of hydrogen-bond donors (Lipinski definition) is 3. The number of halogens is 1. The van der Waals surface area contributed by atoms with Gasteiger partial charge in [0.05, 0.1) is 17.1 Å². The molecule has 1 aromatic rings. The van der Waals surface area contributed by atoms with Gasteiger partial charge in [0.25, 0.3) is 0 Å². The fourth-order valence-electron chi connectivity index (χ4n) is 2.44. The van der Waals surface area contributed by atoms with Gasteiger partial charge in [-0.15, -0.1) is 0 Å². The van der Waals surface area contributed by atoms with E-state index in [0.29, 0.717) is 27.5 Å². The topological polar surface area (TPSA) is 70.6 Å². The maximum atomic E-state index is 12.0. The average Bonchev–Trinajstić information content (AvgIpc) is 2.42. The minimum Gasteiger partial charge on any atom is -0.503 e. The Balaban J connectivity index is 2.56. The second-order valence-electron chi connectivity index (χ2n) is 4.91. The summed E-state index contributed by atoms with van der Waals surface area (Å²) in [7, 11) is 0. The molecule has 7 heteroatoms. The first-order valence-corrected chi connectivity index (χ1v) is 7.99. The van der Waals surface area contributed by atoms with Crippen LogP contribution in [0.25, 0.3) is 0 Å². The van der Waals surface area contributed by atoms with Gasteiger partial charge >= 0.3 is 0 Å². The minimum atomic E-state index is -0.387. The minimum absolute atomic E-state index is 0.0344. The lowest BCUT2D eigenvalue weighted by Gasteiger charge is -2.30. The van der Waals surface area contributed by atoms with E-state index in [1.54, 1.807) is 12.1 Å². The number of aromatic hydroxyl groups is 1. The van der Waals surface area contributed by atoms with E-state index in [4.69, 9.17) is 17.0 Å². The molecule has 22 heavy (non-hydrogen) atoms. The maximum absolute atomic E-state index is 12.0. The second-order valence-corrected chi connectivity index (χ2v) is 6.17. The third kappa shape index (κ3) is 3.25. The van der Waals surface area contributed by atoms with Gasteiger partial charge in [-0.05, 0) is 66.6 Å². The first kappa shape index (κ1) is 16.8. The lowest BCUT2D eigenvalue weighted by atomic mass is 9.93. The fraction of sp³-hybridized carbons (Fsp3) is 0.333. The van der Waals surface area contributed by atoms with Gasteiger partial charge < -0.3 is 20.5 Å². The van der Waals surface area contributed by atoms with Crippen molar-refractivity contribution in [2.75, 3.05) is 6.61 Å². The molecule has 3 N–H and O–H groups in total. The average molecular weight is 385 g/mol. The molecule has 1 atom stereocenters. The van der Waals surface area contributed by atoms with E-state index in [1.807, 2.05) is 13.8 Å². The molecule has 0 aromatic heterocycles. The van der Waals surface area contributed by atoms with Crippen molar-refractivity contribution in [2.24, 2.45) is 0 Å². The van der Waals surface area contributed by atoms with Crippen LogP contribution in [0.5, 0.6) is 11.5 Å². The number of phenolic OH excluding ortho intramolecular Hbond substituents is 1. The number of ether oxygens (including phenoxy) is 1. The standard InChI is InChI=1S/C15H17BrN2O3S/c1-4-21-11-6-9(5-10(16)14(11)20)13-12(8(3)19)7(2)17-15(22)18-13/h5-6,13,20H,4H2,1-3H3,(H2,17,18,22)/t13-/m1/s1. The highest BCUT2D eigenvalue weighted by molar-refractivity contribution is 9.10. The summed E-state index contributed by atoms with van der Waals surface area (Å²) in [5, 5.41) is 16.5. The normalized spacial score (nSPS) is 17.8. The van der Waals surface area contributed by atoms with Crippen LogP contribution in [0.3, 0.4) is 0 Å². The van der Waals surface area contributed by atoms with Crippen molar-refractivity contribution in [2.45, 2.75) is 26.8 Å². The van der Waals surface area contributed by atoms with Gasteiger partial charge in [0.2, 0.25) is 0 Å². The van der Waals surface area contributed by atoms with Crippen LogP contribution in [-0.4, -0.2) is 22.6 Å². The molecule has 5 nitrogen and oxygen atoms in total. The molecular formula is C15H17BrN2O3S. The quantitative estimate of drug-likeness (QED) is 0.693. The Morgan fingerprint density at radius 1 is 1.50 bits per heavy atom. The first-order valence-electron chi connectivity index (χ1n) is 6.79. The highest BCUT2D eigenvalue weighted by atomic mass is 79.9. The van der Waals surface area contributed by atoms with Crippen molar-refractivity contribution in [1.82, 2.24) is 10.6 Å². The number of thiocarbonyl (C=S) groups is 1. The van der Waals surface area contributed by atoms with Crippen molar-refractivity contribution in [1.29, 1.82) is 0 Å². The van der Waals surface area contributed by atoms with Crippen LogP contribution in [-0.2, 0) is 4.79 Å². The van der Waals surface area contributed by atoms with Crippen LogP contribution >= 0.6 is 28.1 Å². The molecule has 0 unspecified atom stereocenters. The molecule has 0 saturated carbocycles. The number of hydrogen-bond acceptors (Lipinski definition) is 4. The Hall–Kier alpha value is -1.60. The number of Topliss-reactive ketones (excluding diaryl/α,β-unsaturated/α-hetero) is 1. The zero-order chi connectivity index (χ0) is 16.4. The summed E-state index contributed by atoms with van der Waals surface area (Å²) < 4.78 is 5.94. The lowest BCUT2D eigenvalue weighted by molar-refractivity contribution is -0.114. The van der Waals surface area contributed by atoms with Gasteiger partial charge in [0.1, 0.15) is 0 Å². The van der Waals surface area contributed by atoms with E-state index in [2.05, 4.69) is 26.6 Å². The highest BCUT2D eigenvalue weighted by Gasteiger charge is 2.29. The molecule has 0 bridgehead atoms. The van der Waals surface area contributed by atoms with Gasteiger partial charge in [-0.25, -0.2) is 0 Å². The molecule has 118 valence electrons. The summed E-state index contributed by atoms with van der Waals surface area (Å²) in [4.78, 5) is 12.0. The molecule has 1 aliphatic heterocycles. The monoisotopic (exact) mass is 384 g/mol. The summed E-state index contributed by atoms with van der Waals surface area (Å²) in [6.45, 7) is 5.59. The Morgan fingerprint density at radius 3 is 2.77 bits per heavy atom. The maximum Gasteiger partial charge on any atom is 0.172 e. The van der Waals surface area contributed by atoms with Crippen molar-refractivity contribution < 1.29 is 14.6 Å². The number of allylic oxidation sites excluding steroid dienone is 1. The number of nitrogens with one attached hydrogen (secondary N) is 2. The van der Waals surface area contributed by atoms with Crippen molar-refractivity contribution >= 4 is 39.0 Å². The van der Waals surface area contributed by atoms with Gasteiger partial charge in [-0.3, -0.25) is 4.79 Å². The van der Waals surface area contributed by atoms with Gasteiger partial charge in [-0.1, -0.05) is 0 Å². The number of carbonyl (C=O) groups is 1. The van der Waals surface area contributed by atoms with Crippen LogP contribution < -0.4 is 15.4 Å². The fourth-order valence-corrected chi connectivity index (χ4v) is 3.17. The highest BCUT2D eigenvalue weighted by Crippen LogP contribution is 2.39. The summed E-state index contributed by atoms with van der Waals surface area (Å²) in [6.07, 6.45) is 0. The van der Waals surface area contributed by atoms with E-state index in [0.717, 1.165) is 11.3 Å². The number of benzene rings is 1. The van der Waals surface area contributed by atoms with Crippen molar-refractivity contribution in [3.05, 3.63) is 33.4 Å². The summed E-state index contributed by atoms with van der Waals surface area (Å²) in [5.41, 5.74) is 2.11.